The van der Waals surface area contributed by atoms with E-state index in [1.165, 1.54) is 33.7 Å². The zero-order valence-electron chi connectivity index (χ0n) is 14.1. The van der Waals surface area contributed by atoms with Crippen molar-refractivity contribution in [2.75, 3.05) is 0 Å². The van der Waals surface area contributed by atoms with Crippen LogP contribution in [0.5, 0.6) is 0 Å². The van der Waals surface area contributed by atoms with Crippen LogP contribution in [-0.2, 0) is 12.8 Å². The van der Waals surface area contributed by atoms with Gasteiger partial charge in [0.2, 0.25) is 5.82 Å². The molecule has 130 valence electrons. The minimum Gasteiger partial charge on any atom is -0.225 e. The number of hydrogen-bond donors (Lipinski definition) is 0. The van der Waals surface area contributed by atoms with Gasteiger partial charge in [0.15, 0.2) is 5.82 Å². The number of benzene rings is 1. The molecular formula is C18H15FN6S. The third-order valence-electron chi connectivity index (χ3n) is 4.76. The third-order valence-corrected chi connectivity index (χ3v) is 5.92. The van der Waals surface area contributed by atoms with E-state index < -0.39 is 0 Å². The number of tetrazole rings is 1. The Kier molecular flexibility index (Phi) is 3.53. The van der Waals surface area contributed by atoms with Gasteiger partial charge >= 0.3 is 0 Å². The van der Waals surface area contributed by atoms with Crippen molar-refractivity contribution in [3.63, 3.8) is 0 Å². The summed E-state index contributed by atoms with van der Waals surface area (Å²) in [5, 5.41) is 13.7. The quantitative estimate of drug-likeness (QED) is 0.542. The van der Waals surface area contributed by atoms with Gasteiger partial charge in [-0.3, -0.25) is 0 Å². The van der Waals surface area contributed by atoms with Crippen LogP contribution >= 0.6 is 11.3 Å². The van der Waals surface area contributed by atoms with Gasteiger partial charge in [-0.05, 0) is 48.1 Å². The molecule has 8 heteroatoms. The molecule has 26 heavy (non-hydrogen) atoms. The first-order chi connectivity index (χ1) is 12.7. The normalized spacial score (nSPS) is 16.8. The first-order valence-corrected chi connectivity index (χ1v) is 9.32. The second kappa shape index (κ2) is 5.91. The topological polar surface area (TPSA) is 69.4 Å². The largest absolute Gasteiger partial charge is 0.225 e. The van der Waals surface area contributed by atoms with Gasteiger partial charge in [0.25, 0.3) is 0 Å². The number of rotatable bonds is 2. The molecular weight excluding hydrogens is 351 g/mol. The predicted octanol–water partition coefficient (Wildman–Crippen LogP) is 3.60. The minimum atomic E-state index is -0.329. The Morgan fingerprint density at radius 2 is 2.19 bits per heavy atom. The van der Waals surface area contributed by atoms with Crippen LogP contribution in [0, 0.1) is 11.7 Å². The zero-order chi connectivity index (χ0) is 17.7. The van der Waals surface area contributed by atoms with E-state index in [-0.39, 0.29) is 5.82 Å². The van der Waals surface area contributed by atoms with Crippen LogP contribution in [0.15, 0.2) is 30.6 Å². The van der Waals surface area contributed by atoms with Gasteiger partial charge in [-0.1, -0.05) is 19.1 Å². The highest BCUT2D eigenvalue weighted by Gasteiger charge is 2.24. The summed E-state index contributed by atoms with van der Waals surface area (Å²) in [7, 11) is 0. The second-order valence-corrected chi connectivity index (χ2v) is 7.73. The van der Waals surface area contributed by atoms with Gasteiger partial charge in [-0.2, -0.15) is 0 Å². The summed E-state index contributed by atoms with van der Waals surface area (Å²) >= 11 is 1.73. The summed E-state index contributed by atoms with van der Waals surface area (Å²) in [6.45, 7) is 2.28. The van der Waals surface area contributed by atoms with Crippen LogP contribution in [0.4, 0.5) is 4.39 Å². The standard InChI is InChI=1S/C18H15FN6S/c1-10-5-6-13-14(7-10)26-18-15(13)17(20-9-21-18)25-23-16(22-24-25)11-3-2-4-12(19)8-11/h2-4,8-10H,5-7H2,1H3/t10-/m0/s1. The highest BCUT2D eigenvalue weighted by Crippen LogP contribution is 2.38. The molecule has 0 amide bonds. The van der Waals surface area contributed by atoms with E-state index >= 15 is 0 Å². The lowest BCUT2D eigenvalue weighted by Crippen LogP contribution is -2.10. The van der Waals surface area contributed by atoms with Crippen molar-refractivity contribution in [2.24, 2.45) is 5.92 Å². The van der Waals surface area contributed by atoms with Crippen molar-refractivity contribution in [1.82, 2.24) is 30.2 Å². The fourth-order valence-electron chi connectivity index (χ4n) is 3.46. The SMILES string of the molecule is C[C@H]1CCc2c(sc3ncnc(-n4nnc(-c5cccc(F)c5)n4)c23)C1. The number of nitrogens with zero attached hydrogens (tertiary/aromatic N) is 6. The Balaban J connectivity index is 1.64. The third kappa shape index (κ3) is 2.48. The molecule has 0 aliphatic heterocycles. The van der Waals surface area contributed by atoms with Crippen LogP contribution < -0.4 is 0 Å². The lowest BCUT2D eigenvalue weighted by molar-refractivity contribution is 0.509. The maximum atomic E-state index is 13.5. The van der Waals surface area contributed by atoms with E-state index in [9.17, 15) is 4.39 Å². The van der Waals surface area contributed by atoms with E-state index in [0.717, 1.165) is 29.5 Å². The van der Waals surface area contributed by atoms with Crippen molar-refractivity contribution in [1.29, 1.82) is 0 Å². The first kappa shape index (κ1) is 15.5. The maximum Gasteiger partial charge on any atom is 0.205 e. The van der Waals surface area contributed by atoms with Gasteiger partial charge in [0.1, 0.15) is 17.0 Å². The van der Waals surface area contributed by atoms with Crippen LogP contribution in [0.25, 0.3) is 27.4 Å². The average Bonchev–Trinajstić information content (AvgIpc) is 3.25. The molecule has 6 nitrogen and oxygen atoms in total. The molecule has 0 unspecified atom stereocenters. The summed E-state index contributed by atoms with van der Waals surface area (Å²) < 4.78 is 13.5. The number of halogens is 1. The van der Waals surface area contributed by atoms with E-state index in [4.69, 9.17) is 0 Å². The van der Waals surface area contributed by atoms with Crippen molar-refractivity contribution < 1.29 is 4.39 Å². The molecule has 0 spiro atoms. The highest BCUT2D eigenvalue weighted by molar-refractivity contribution is 7.18. The predicted molar refractivity (Wildman–Crippen MR) is 96.7 cm³/mol. The van der Waals surface area contributed by atoms with Gasteiger partial charge in [-0.25, -0.2) is 14.4 Å². The number of aromatic nitrogens is 6. The molecule has 0 bridgehead atoms. The van der Waals surface area contributed by atoms with E-state index in [2.05, 4.69) is 32.3 Å². The molecule has 4 aromatic rings. The Hall–Kier alpha value is -2.74. The van der Waals surface area contributed by atoms with Crippen LogP contribution in [-0.4, -0.2) is 30.2 Å². The Morgan fingerprint density at radius 3 is 3.08 bits per heavy atom. The summed E-state index contributed by atoms with van der Waals surface area (Å²) in [5.41, 5.74) is 1.89. The maximum absolute atomic E-state index is 13.5. The monoisotopic (exact) mass is 366 g/mol. The highest BCUT2D eigenvalue weighted by atomic mass is 32.1. The minimum absolute atomic E-state index is 0.329. The van der Waals surface area contributed by atoms with E-state index in [0.29, 0.717) is 23.1 Å². The van der Waals surface area contributed by atoms with Crippen LogP contribution in [0.3, 0.4) is 0 Å². The molecule has 5 rings (SSSR count). The molecule has 1 aliphatic rings. The van der Waals surface area contributed by atoms with Crippen LogP contribution in [0.2, 0.25) is 0 Å². The summed E-state index contributed by atoms with van der Waals surface area (Å²) in [6.07, 6.45) is 4.79. The lowest BCUT2D eigenvalue weighted by Gasteiger charge is -2.17. The summed E-state index contributed by atoms with van der Waals surface area (Å²) in [5.74, 6) is 1.37. The van der Waals surface area contributed by atoms with Gasteiger partial charge in [0, 0.05) is 10.4 Å². The summed E-state index contributed by atoms with van der Waals surface area (Å²) in [4.78, 5) is 12.6. The zero-order valence-corrected chi connectivity index (χ0v) is 14.9. The molecule has 0 fully saturated rings. The van der Waals surface area contributed by atoms with Crippen LogP contribution in [0.1, 0.15) is 23.8 Å². The molecule has 0 radical (unpaired) electrons. The van der Waals surface area contributed by atoms with Crippen molar-refractivity contribution in [3.8, 4) is 17.2 Å². The molecule has 3 heterocycles. The number of hydrogen-bond acceptors (Lipinski definition) is 6. The second-order valence-electron chi connectivity index (χ2n) is 6.64. The Labute approximate surface area is 152 Å². The molecule has 0 N–H and O–H groups in total. The Morgan fingerprint density at radius 1 is 1.27 bits per heavy atom. The van der Waals surface area contributed by atoms with Crippen molar-refractivity contribution >= 4 is 21.6 Å². The molecule has 0 saturated carbocycles. The molecule has 3 aromatic heterocycles. The van der Waals surface area contributed by atoms with Crippen molar-refractivity contribution in [2.45, 2.75) is 26.2 Å². The lowest BCUT2D eigenvalue weighted by atomic mass is 9.89. The number of aryl methyl sites for hydroxylation is 1. The molecule has 1 aliphatic carbocycles. The number of fused-ring (bicyclic) bond motifs is 3. The fraction of sp³-hybridized carbons (Fsp3) is 0.278. The van der Waals surface area contributed by atoms with E-state index in [1.807, 2.05) is 0 Å². The van der Waals surface area contributed by atoms with E-state index in [1.54, 1.807) is 23.5 Å². The average molecular weight is 366 g/mol. The fourth-order valence-corrected chi connectivity index (χ4v) is 4.80. The first-order valence-electron chi connectivity index (χ1n) is 8.50. The molecule has 1 aromatic carbocycles. The molecule has 1 atom stereocenters. The Bertz CT molecular complexity index is 1120. The summed E-state index contributed by atoms with van der Waals surface area (Å²) in [6, 6.07) is 6.17. The number of thiophene rings is 1. The van der Waals surface area contributed by atoms with Gasteiger partial charge in [0.05, 0.1) is 5.39 Å². The van der Waals surface area contributed by atoms with Gasteiger partial charge < -0.3 is 0 Å². The van der Waals surface area contributed by atoms with Crippen molar-refractivity contribution in [3.05, 3.63) is 46.9 Å². The smallest absolute Gasteiger partial charge is 0.205 e. The van der Waals surface area contributed by atoms with Gasteiger partial charge in [-0.15, -0.1) is 26.3 Å². The molecule has 0 saturated heterocycles.